The van der Waals surface area contributed by atoms with Crippen molar-refractivity contribution < 1.29 is 5.11 Å². The minimum atomic E-state index is -0.478. The van der Waals surface area contributed by atoms with E-state index >= 15 is 0 Å². The minimum absolute atomic E-state index is 0.478. The minimum Gasteiger partial charge on any atom is -0.380 e. The molecule has 0 fully saturated rings. The third-order valence-electron chi connectivity index (χ3n) is 0.987. The highest BCUT2D eigenvalue weighted by molar-refractivity contribution is 14.1. The predicted molar refractivity (Wildman–Crippen MR) is 44.2 cm³/mol. The molecular weight excluding hydrogens is 215 g/mol. The van der Waals surface area contributed by atoms with Crippen LogP contribution in [0.4, 0.5) is 0 Å². The Hall–Kier alpha value is 0.690. The van der Waals surface area contributed by atoms with Crippen LogP contribution in [-0.4, -0.2) is 8.71 Å². The second-order valence-corrected chi connectivity index (χ2v) is 4.57. The van der Waals surface area contributed by atoms with Crippen molar-refractivity contribution in [1.82, 2.24) is 0 Å². The van der Waals surface area contributed by atoms with Crippen molar-refractivity contribution in [1.29, 1.82) is 0 Å². The summed E-state index contributed by atoms with van der Waals surface area (Å²) < 4.78 is -0.478. The average molecular weight is 228 g/mol. The molecule has 0 aromatic rings. The fraction of sp³-hybridized carbons (Fsp3) is 1.00. The van der Waals surface area contributed by atoms with E-state index in [1.807, 2.05) is 6.92 Å². The zero-order valence-corrected chi connectivity index (χ0v) is 7.60. The summed E-state index contributed by atoms with van der Waals surface area (Å²) >= 11 is 2.06. The molecule has 8 heavy (non-hydrogen) atoms. The monoisotopic (exact) mass is 228 g/mol. The van der Waals surface area contributed by atoms with E-state index in [9.17, 15) is 0 Å². The van der Waals surface area contributed by atoms with E-state index in [0.717, 1.165) is 12.8 Å². The van der Waals surface area contributed by atoms with Gasteiger partial charge in [0.2, 0.25) is 0 Å². The highest BCUT2D eigenvalue weighted by Gasteiger charge is 2.12. The summed E-state index contributed by atoms with van der Waals surface area (Å²) in [6.45, 7) is 3.96. The molecule has 0 amide bonds. The molecule has 0 aromatic heterocycles. The van der Waals surface area contributed by atoms with E-state index in [2.05, 4.69) is 29.5 Å². The van der Waals surface area contributed by atoms with Crippen molar-refractivity contribution >= 4 is 22.6 Å². The molecular formula is C6H13IO. The van der Waals surface area contributed by atoms with Gasteiger partial charge in [0.25, 0.3) is 0 Å². The maximum Gasteiger partial charge on any atom is 0.113 e. The lowest BCUT2D eigenvalue weighted by molar-refractivity contribution is 0.163. The number of aliphatic hydroxyl groups is 1. The lowest BCUT2D eigenvalue weighted by atomic mass is 10.2. The Labute approximate surface area is 64.6 Å². The van der Waals surface area contributed by atoms with E-state index in [1.54, 1.807) is 0 Å². The summed E-state index contributed by atoms with van der Waals surface area (Å²) in [5, 5.41) is 9.14. The molecule has 0 bridgehead atoms. The smallest absolute Gasteiger partial charge is 0.113 e. The zero-order chi connectivity index (χ0) is 6.62. The maximum absolute atomic E-state index is 9.14. The molecule has 1 unspecified atom stereocenters. The molecule has 0 aromatic carbocycles. The highest BCUT2D eigenvalue weighted by Crippen LogP contribution is 2.20. The molecule has 1 atom stereocenters. The van der Waals surface area contributed by atoms with Crippen molar-refractivity contribution in [3.05, 3.63) is 0 Å². The number of alkyl halides is 1. The summed E-state index contributed by atoms with van der Waals surface area (Å²) in [6, 6.07) is 0. The molecule has 0 saturated carbocycles. The van der Waals surface area contributed by atoms with Crippen LogP contribution in [0.25, 0.3) is 0 Å². The number of rotatable bonds is 3. The van der Waals surface area contributed by atoms with E-state index < -0.39 is 3.61 Å². The van der Waals surface area contributed by atoms with Crippen LogP contribution in [0.1, 0.15) is 33.1 Å². The van der Waals surface area contributed by atoms with E-state index in [0.29, 0.717) is 0 Å². The first-order valence-corrected chi connectivity index (χ1v) is 4.05. The largest absolute Gasteiger partial charge is 0.380 e. The second-order valence-electron chi connectivity index (χ2n) is 2.25. The van der Waals surface area contributed by atoms with E-state index in [4.69, 9.17) is 5.11 Å². The Morgan fingerprint density at radius 2 is 2.12 bits per heavy atom. The standard InChI is InChI=1S/C6H13IO/c1-3-4-5-6(2,7)8/h8H,3-5H2,1-2H3. The molecule has 0 saturated heterocycles. The Balaban J connectivity index is 3.11. The summed E-state index contributed by atoms with van der Waals surface area (Å²) in [4.78, 5) is 0. The van der Waals surface area contributed by atoms with Gasteiger partial charge in [0.15, 0.2) is 0 Å². The first-order valence-electron chi connectivity index (χ1n) is 2.97. The third-order valence-corrected chi connectivity index (χ3v) is 1.53. The second kappa shape index (κ2) is 3.67. The lowest BCUT2D eigenvalue weighted by Gasteiger charge is -2.12. The molecule has 0 aliphatic carbocycles. The average Bonchev–Trinajstić information content (AvgIpc) is 1.59. The lowest BCUT2D eigenvalue weighted by Crippen LogP contribution is -2.12. The molecule has 1 N–H and O–H groups in total. The molecule has 1 nitrogen and oxygen atoms in total. The van der Waals surface area contributed by atoms with Crippen LogP contribution in [0, 0.1) is 0 Å². The van der Waals surface area contributed by atoms with Crippen LogP contribution in [0.2, 0.25) is 0 Å². The van der Waals surface area contributed by atoms with E-state index in [1.165, 1.54) is 6.42 Å². The molecule has 0 heterocycles. The van der Waals surface area contributed by atoms with Gasteiger partial charge in [-0.1, -0.05) is 19.8 Å². The molecule has 0 spiro atoms. The summed E-state index contributed by atoms with van der Waals surface area (Å²) in [5.41, 5.74) is 0. The molecule has 0 aliphatic rings. The van der Waals surface area contributed by atoms with Gasteiger partial charge in [0.1, 0.15) is 3.61 Å². The Morgan fingerprint density at radius 3 is 2.25 bits per heavy atom. The summed E-state index contributed by atoms with van der Waals surface area (Å²) in [6.07, 6.45) is 3.19. The quantitative estimate of drug-likeness (QED) is 0.580. The Bertz CT molecular complexity index is 56.0. The number of hydrogen-bond donors (Lipinski definition) is 1. The van der Waals surface area contributed by atoms with Crippen LogP contribution >= 0.6 is 22.6 Å². The van der Waals surface area contributed by atoms with Crippen molar-refractivity contribution in [3.63, 3.8) is 0 Å². The van der Waals surface area contributed by atoms with Crippen LogP contribution in [0.3, 0.4) is 0 Å². The number of halogens is 1. The van der Waals surface area contributed by atoms with Gasteiger partial charge in [-0.05, 0) is 35.9 Å². The Kier molecular flexibility index (Phi) is 3.98. The van der Waals surface area contributed by atoms with Crippen molar-refractivity contribution in [2.24, 2.45) is 0 Å². The predicted octanol–water partition coefficient (Wildman–Crippen LogP) is 2.32. The SMILES string of the molecule is CCCCC(C)(O)I. The fourth-order valence-corrected chi connectivity index (χ4v) is 0.881. The van der Waals surface area contributed by atoms with E-state index in [-0.39, 0.29) is 0 Å². The van der Waals surface area contributed by atoms with Gasteiger partial charge in [0.05, 0.1) is 0 Å². The van der Waals surface area contributed by atoms with Gasteiger partial charge in [0, 0.05) is 0 Å². The van der Waals surface area contributed by atoms with Gasteiger partial charge < -0.3 is 5.11 Å². The van der Waals surface area contributed by atoms with Crippen LogP contribution in [-0.2, 0) is 0 Å². The van der Waals surface area contributed by atoms with Gasteiger partial charge in [-0.15, -0.1) is 0 Å². The maximum atomic E-state index is 9.14. The van der Waals surface area contributed by atoms with Gasteiger partial charge in [-0.25, -0.2) is 0 Å². The van der Waals surface area contributed by atoms with Gasteiger partial charge >= 0.3 is 0 Å². The molecule has 0 rings (SSSR count). The van der Waals surface area contributed by atoms with Crippen LogP contribution in [0.15, 0.2) is 0 Å². The number of unbranched alkanes of at least 4 members (excludes halogenated alkanes) is 1. The third kappa shape index (κ3) is 6.69. The van der Waals surface area contributed by atoms with Crippen molar-refractivity contribution in [3.8, 4) is 0 Å². The number of hydrogen-bond acceptors (Lipinski definition) is 1. The van der Waals surface area contributed by atoms with Crippen molar-refractivity contribution in [2.45, 2.75) is 36.7 Å². The first-order chi connectivity index (χ1) is 3.56. The van der Waals surface area contributed by atoms with Crippen LogP contribution in [0.5, 0.6) is 0 Å². The Morgan fingerprint density at radius 1 is 1.62 bits per heavy atom. The topological polar surface area (TPSA) is 20.2 Å². The summed E-state index contributed by atoms with van der Waals surface area (Å²) in [5.74, 6) is 0. The first kappa shape index (κ1) is 8.69. The zero-order valence-electron chi connectivity index (χ0n) is 5.45. The highest BCUT2D eigenvalue weighted by atomic mass is 127. The summed E-state index contributed by atoms with van der Waals surface area (Å²) in [7, 11) is 0. The van der Waals surface area contributed by atoms with Crippen LogP contribution < -0.4 is 0 Å². The van der Waals surface area contributed by atoms with Gasteiger partial charge in [-0.3, -0.25) is 0 Å². The molecule has 50 valence electrons. The normalized spacial score (nSPS) is 18.0. The molecule has 0 aliphatic heterocycles. The molecule has 2 heteroatoms. The molecule has 0 radical (unpaired) electrons. The fourth-order valence-electron chi connectivity index (χ4n) is 0.499. The van der Waals surface area contributed by atoms with Crippen molar-refractivity contribution in [2.75, 3.05) is 0 Å². The van der Waals surface area contributed by atoms with Gasteiger partial charge in [-0.2, -0.15) is 0 Å².